The number of hydrogen-bond acceptors (Lipinski definition) is 4. The predicted molar refractivity (Wildman–Crippen MR) is 66.8 cm³/mol. The number of halogens is 2. The molecule has 1 atom stereocenters. The maximum atomic E-state index is 13.7. The van der Waals surface area contributed by atoms with Crippen molar-refractivity contribution in [2.75, 3.05) is 12.3 Å². The van der Waals surface area contributed by atoms with Crippen LogP contribution in [0.5, 0.6) is 0 Å². The van der Waals surface area contributed by atoms with E-state index in [1.165, 1.54) is 0 Å². The molecule has 19 heavy (non-hydrogen) atoms. The van der Waals surface area contributed by atoms with Crippen LogP contribution in [-0.2, 0) is 10.0 Å². The summed E-state index contributed by atoms with van der Waals surface area (Å²) in [7, 11) is -4.22. The number of rotatable bonds is 5. The highest BCUT2D eigenvalue weighted by atomic mass is 32.2. The van der Waals surface area contributed by atoms with Crippen molar-refractivity contribution >= 4 is 15.7 Å². The molecule has 1 unspecified atom stereocenters. The summed E-state index contributed by atoms with van der Waals surface area (Å²) in [4.78, 5) is -0.745. The first-order valence-corrected chi connectivity index (χ1v) is 7.05. The van der Waals surface area contributed by atoms with Gasteiger partial charge in [0.2, 0.25) is 10.0 Å². The average molecular weight is 294 g/mol. The van der Waals surface area contributed by atoms with E-state index in [2.05, 4.69) is 4.72 Å². The zero-order valence-electron chi connectivity index (χ0n) is 10.5. The van der Waals surface area contributed by atoms with Gasteiger partial charge in [-0.2, -0.15) is 0 Å². The number of aliphatic hydroxyl groups is 1. The van der Waals surface area contributed by atoms with Gasteiger partial charge in [0.15, 0.2) is 5.82 Å². The normalized spacial score (nSPS) is 13.8. The minimum absolute atomic E-state index is 0.194. The fraction of sp³-hybridized carbons (Fsp3) is 0.455. The van der Waals surface area contributed by atoms with Gasteiger partial charge in [0.05, 0.1) is 6.61 Å². The Morgan fingerprint density at radius 2 is 1.95 bits per heavy atom. The molecule has 0 aliphatic rings. The van der Waals surface area contributed by atoms with Crippen LogP contribution < -0.4 is 10.5 Å². The van der Waals surface area contributed by atoms with Crippen LogP contribution in [0, 0.1) is 17.6 Å². The lowest BCUT2D eigenvalue weighted by atomic mass is 10.1. The van der Waals surface area contributed by atoms with E-state index < -0.39 is 44.9 Å². The van der Waals surface area contributed by atoms with Crippen LogP contribution in [0.3, 0.4) is 0 Å². The summed E-state index contributed by atoms with van der Waals surface area (Å²) in [6.07, 6.45) is 0. The summed E-state index contributed by atoms with van der Waals surface area (Å²) in [6, 6.07) is 0.796. The molecule has 0 saturated heterocycles. The second-order valence-corrected chi connectivity index (χ2v) is 6.11. The number of nitrogens with two attached hydrogens (primary N) is 1. The molecule has 0 spiro atoms. The SMILES string of the molecule is CC(C)C(CO)NS(=O)(=O)c1ccc(F)c(N)c1F. The summed E-state index contributed by atoms with van der Waals surface area (Å²) in [5.74, 6) is -2.56. The summed E-state index contributed by atoms with van der Waals surface area (Å²) in [5.41, 5.74) is 4.26. The van der Waals surface area contributed by atoms with E-state index in [0.717, 1.165) is 12.1 Å². The Balaban J connectivity index is 3.18. The Hall–Kier alpha value is -1.25. The van der Waals surface area contributed by atoms with Gasteiger partial charge in [0.25, 0.3) is 0 Å². The van der Waals surface area contributed by atoms with E-state index in [4.69, 9.17) is 10.8 Å². The smallest absolute Gasteiger partial charge is 0.243 e. The van der Waals surface area contributed by atoms with Crippen molar-refractivity contribution in [3.63, 3.8) is 0 Å². The Bertz CT molecular complexity index is 561. The van der Waals surface area contributed by atoms with Crippen molar-refractivity contribution in [3.8, 4) is 0 Å². The molecule has 0 amide bonds. The van der Waals surface area contributed by atoms with Crippen LogP contribution in [-0.4, -0.2) is 26.2 Å². The van der Waals surface area contributed by atoms with Crippen molar-refractivity contribution in [2.45, 2.75) is 24.8 Å². The first kappa shape index (κ1) is 15.8. The first-order valence-electron chi connectivity index (χ1n) is 5.57. The van der Waals surface area contributed by atoms with Gasteiger partial charge in [-0.3, -0.25) is 0 Å². The minimum atomic E-state index is -4.22. The third kappa shape index (κ3) is 3.40. The second kappa shape index (κ2) is 5.81. The lowest BCUT2D eigenvalue weighted by Gasteiger charge is -2.20. The van der Waals surface area contributed by atoms with Crippen LogP contribution in [0.25, 0.3) is 0 Å². The number of benzene rings is 1. The molecule has 0 saturated carbocycles. The molecule has 5 nitrogen and oxygen atoms in total. The van der Waals surface area contributed by atoms with E-state index in [9.17, 15) is 17.2 Å². The van der Waals surface area contributed by atoms with Gasteiger partial charge in [-0.15, -0.1) is 0 Å². The monoisotopic (exact) mass is 294 g/mol. The van der Waals surface area contributed by atoms with Crippen molar-refractivity contribution in [3.05, 3.63) is 23.8 Å². The van der Waals surface area contributed by atoms with Crippen LogP contribution in [0.1, 0.15) is 13.8 Å². The van der Waals surface area contributed by atoms with E-state index in [1.54, 1.807) is 13.8 Å². The molecule has 108 valence electrons. The number of anilines is 1. The van der Waals surface area contributed by atoms with Crippen LogP contribution >= 0.6 is 0 Å². The molecular weight excluding hydrogens is 278 g/mol. The van der Waals surface area contributed by atoms with Crippen molar-refractivity contribution in [2.24, 2.45) is 5.92 Å². The van der Waals surface area contributed by atoms with E-state index in [1.807, 2.05) is 0 Å². The molecule has 0 heterocycles. The zero-order valence-corrected chi connectivity index (χ0v) is 11.3. The number of sulfonamides is 1. The third-order valence-electron chi connectivity index (χ3n) is 2.69. The Kier molecular flexibility index (Phi) is 4.83. The predicted octanol–water partition coefficient (Wildman–Crippen LogP) is 0.842. The van der Waals surface area contributed by atoms with Gasteiger partial charge < -0.3 is 10.8 Å². The van der Waals surface area contributed by atoms with Gasteiger partial charge >= 0.3 is 0 Å². The molecule has 0 radical (unpaired) electrons. The summed E-state index contributed by atoms with van der Waals surface area (Å²) in [6.45, 7) is 2.95. The van der Waals surface area contributed by atoms with Gasteiger partial charge in [0.1, 0.15) is 16.4 Å². The van der Waals surface area contributed by atoms with E-state index >= 15 is 0 Å². The van der Waals surface area contributed by atoms with Gasteiger partial charge in [-0.1, -0.05) is 13.8 Å². The Morgan fingerprint density at radius 3 is 2.42 bits per heavy atom. The molecule has 0 aromatic heterocycles. The number of aliphatic hydroxyl groups excluding tert-OH is 1. The van der Waals surface area contributed by atoms with Gasteiger partial charge in [0, 0.05) is 6.04 Å². The quantitative estimate of drug-likeness (QED) is 0.702. The lowest BCUT2D eigenvalue weighted by Crippen LogP contribution is -2.41. The average Bonchev–Trinajstić information content (AvgIpc) is 2.32. The van der Waals surface area contributed by atoms with Crippen LogP contribution in [0.4, 0.5) is 14.5 Å². The topological polar surface area (TPSA) is 92.4 Å². The lowest BCUT2D eigenvalue weighted by molar-refractivity contribution is 0.227. The fourth-order valence-electron chi connectivity index (χ4n) is 1.40. The maximum Gasteiger partial charge on any atom is 0.243 e. The van der Waals surface area contributed by atoms with Crippen molar-refractivity contribution in [1.29, 1.82) is 0 Å². The fourth-order valence-corrected chi connectivity index (χ4v) is 2.87. The largest absolute Gasteiger partial charge is 0.395 e. The summed E-state index contributed by atoms with van der Waals surface area (Å²) >= 11 is 0. The second-order valence-electron chi connectivity index (χ2n) is 4.43. The maximum absolute atomic E-state index is 13.7. The van der Waals surface area contributed by atoms with Gasteiger partial charge in [-0.05, 0) is 18.1 Å². The summed E-state index contributed by atoms with van der Waals surface area (Å²) in [5, 5.41) is 9.07. The third-order valence-corrected chi connectivity index (χ3v) is 4.20. The molecule has 0 aliphatic carbocycles. The van der Waals surface area contributed by atoms with Crippen molar-refractivity contribution < 1.29 is 22.3 Å². The molecule has 8 heteroatoms. The molecule has 1 rings (SSSR count). The number of nitrogens with one attached hydrogen (secondary N) is 1. The first-order chi connectivity index (χ1) is 8.70. The van der Waals surface area contributed by atoms with Crippen molar-refractivity contribution in [1.82, 2.24) is 4.72 Å². The minimum Gasteiger partial charge on any atom is -0.395 e. The zero-order chi connectivity index (χ0) is 14.8. The highest BCUT2D eigenvalue weighted by Gasteiger charge is 2.26. The molecule has 4 N–H and O–H groups in total. The van der Waals surface area contributed by atoms with Crippen LogP contribution in [0.15, 0.2) is 17.0 Å². The number of nitrogen functional groups attached to an aromatic ring is 1. The Labute approximate surface area is 110 Å². The molecule has 1 aromatic rings. The van der Waals surface area contributed by atoms with E-state index in [-0.39, 0.29) is 5.92 Å². The summed E-state index contributed by atoms with van der Waals surface area (Å²) < 4.78 is 52.7. The van der Waals surface area contributed by atoms with Gasteiger partial charge in [-0.25, -0.2) is 21.9 Å². The van der Waals surface area contributed by atoms with Crippen LogP contribution in [0.2, 0.25) is 0 Å². The molecule has 0 aliphatic heterocycles. The highest BCUT2D eigenvalue weighted by molar-refractivity contribution is 7.89. The van der Waals surface area contributed by atoms with E-state index in [0.29, 0.717) is 0 Å². The standard InChI is InChI=1S/C11H16F2N2O3S/c1-6(2)8(5-16)15-19(17,18)9-4-3-7(12)11(14)10(9)13/h3-4,6,8,15-16H,5,14H2,1-2H3. The number of hydrogen-bond donors (Lipinski definition) is 3. The molecule has 0 bridgehead atoms. The molecular formula is C11H16F2N2O3S. The molecule has 1 aromatic carbocycles. The Morgan fingerprint density at radius 1 is 1.37 bits per heavy atom. The molecule has 0 fully saturated rings. The highest BCUT2D eigenvalue weighted by Crippen LogP contribution is 2.23.